The van der Waals surface area contributed by atoms with Crippen LogP contribution in [0.3, 0.4) is 0 Å². The van der Waals surface area contributed by atoms with Crippen molar-refractivity contribution in [3.63, 3.8) is 0 Å². The molecule has 1 aromatic carbocycles. The quantitative estimate of drug-likeness (QED) is 0.247. The van der Waals surface area contributed by atoms with Gasteiger partial charge in [-0.15, -0.1) is 0 Å². The number of nitrogens with zero attached hydrogens (tertiary/aromatic N) is 4. The summed E-state index contributed by atoms with van der Waals surface area (Å²) in [6.07, 6.45) is 8.67. The molecule has 0 atom stereocenters. The van der Waals surface area contributed by atoms with Gasteiger partial charge in [-0.25, -0.2) is 4.98 Å². The van der Waals surface area contributed by atoms with Crippen molar-refractivity contribution < 1.29 is 0 Å². The Morgan fingerprint density at radius 1 is 1.15 bits per heavy atom. The van der Waals surface area contributed by atoms with Crippen LogP contribution in [0.1, 0.15) is 32.4 Å². The Kier molecular flexibility index (Phi) is 8.54. The van der Waals surface area contributed by atoms with E-state index < -0.39 is 0 Å². The number of rotatable bonds is 11. The first-order valence-corrected chi connectivity index (χ1v) is 11.8. The normalized spacial score (nSPS) is 12.5. The Hall–Kier alpha value is -3.52. The molecule has 0 spiro atoms. The predicted octanol–water partition coefficient (Wildman–Crippen LogP) is 4.41. The minimum atomic E-state index is 0.549. The molecule has 0 aliphatic carbocycles. The van der Waals surface area contributed by atoms with Gasteiger partial charge in [0.25, 0.3) is 0 Å². The number of H-pyrrole nitrogens is 1. The van der Waals surface area contributed by atoms with E-state index >= 15 is 0 Å². The van der Waals surface area contributed by atoms with Gasteiger partial charge in [0.05, 0.1) is 17.1 Å². The zero-order chi connectivity index (χ0) is 24.7. The zero-order valence-electron chi connectivity index (χ0n) is 21.0. The van der Waals surface area contributed by atoms with Crippen molar-refractivity contribution in [2.75, 3.05) is 50.2 Å². The van der Waals surface area contributed by atoms with E-state index in [1.165, 1.54) is 0 Å². The summed E-state index contributed by atoms with van der Waals surface area (Å²) < 4.78 is 0. The third-order valence-corrected chi connectivity index (χ3v) is 5.88. The van der Waals surface area contributed by atoms with Crippen LogP contribution in [-0.4, -0.2) is 54.1 Å². The lowest BCUT2D eigenvalue weighted by molar-refractivity contribution is 0.416. The highest BCUT2D eigenvalue weighted by Gasteiger charge is 2.11. The topological polar surface area (TPSA) is 112 Å². The monoisotopic (exact) mass is 462 g/mol. The van der Waals surface area contributed by atoms with E-state index in [9.17, 15) is 0 Å². The number of aromatic nitrogens is 3. The number of fused-ring (bicyclic) bond motifs is 1. The molecule has 0 fully saturated rings. The summed E-state index contributed by atoms with van der Waals surface area (Å²) in [5, 5.41) is 4.36. The van der Waals surface area contributed by atoms with Crippen LogP contribution in [0.15, 0.2) is 53.9 Å². The van der Waals surface area contributed by atoms with Crippen LogP contribution in [-0.2, 0) is 6.42 Å². The van der Waals surface area contributed by atoms with Crippen LogP contribution in [0.2, 0.25) is 0 Å². The van der Waals surface area contributed by atoms with Crippen molar-refractivity contribution in [3.05, 3.63) is 59.6 Å². The van der Waals surface area contributed by atoms with Gasteiger partial charge < -0.3 is 31.6 Å². The molecule has 3 rings (SSSR count). The molecule has 0 saturated heterocycles. The van der Waals surface area contributed by atoms with E-state index in [1.54, 1.807) is 0 Å². The molecule has 0 saturated carbocycles. The van der Waals surface area contributed by atoms with Crippen molar-refractivity contribution in [2.45, 2.75) is 33.1 Å². The van der Waals surface area contributed by atoms with Crippen LogP contribution in [0.5, 0.6) is 0 Å². The number of nitrogen functional groups attached to an aromatic ring is 1. The first-order valence-electron chi connectivity index (χ1n) is 11.8. The molecule has 0 radical (unpaired) electrons. The Balaban J connectivity index is 1.74. The largest absolute Gasteiger partial charge is 0.402 e. The summed E-state index contributed by atoms with van der Waals surface area (Å²) in [4.78, 5) is 17.0. The van der Waals surface area contributed by atoms with Gasteiger partial charge in [0.1, 0.15) is 5.65 Å². The van der Waals surface area contributed by atoms with E-state index in [-0.39, 0.29) is 0 Å². The average molecular weight is 463 g/mol. The Labute approximate surface area is 202 Å². The second-order valence-corrected chi connectivity index (χ2v) is 8.86. The molecular formula is C26H38N8. The van der Waals surface area contributed by atoms with E-state index in [1.807, 2.05) is 37.4 Å². The van der Waals surface area contributed by atoms with Gasteiger partial charge in [-0.3, -0.25) is 0 Å². The second-order valence-electron chi connectivity index (χ2n) is 8.86. The Morgan fingerprint density at radius 3 is 2.65 bits per heavy atom. The number of nitrogens with two attached hydrogens (primary N) is 2. The summed E-state index contributed by atoms with van der Waals surface area (Å²) in [6, 6.07) is 7.99. The van der Waals surface area contributed by atoms with E-state index in [4.69, 9.17) is 16.5 Å². The van der Waals surface area contributed by atoms with Gasteiger partial charge in [-0.1, -0.05) is 19.1 Å². The number of benzene rings is 1. The minimum absolute atomic E-state index is 0.549. The first kappa shape index (κ1) is 25.1. The zero-order valence-corrected chi connectivity index (χ0v) is 21.0. The number of allylic oxidation sites excluding steroid dienone is 4. The molecule has 0 unspecified atom stereocenters. The van der Waals surface area contributed by atoms with Gasteiger partial charge in [0.2, 0.25) is 5.95 Å². The molecule has 0 bridgehead atoms. The number of hydrogen-bond acceptors (Lipinski definition) is 7. The van der Waals surface area contributed by atoms with Crippen LogP contribution in [0, 0.1) is 0 Å². The molecule has 3 aromatic rings. The molecule has 2 heterocycles. The smallest absolute Gasteiger partial charge is 0.229 e. The number of anilines is 4. The number of aromatic amines is 1. The lowest BCUT2D eigenvalue weighted by Gasteiger charge is -2.23. The van der Waals surface area contributed by atoms with Gasteiger partial charge in [0.15, 0.2) is 0 Å². The number of hydrogen-bond donors (Lipinski definition) is 4. The Morgan fingerprint density at radius 2 is 1.94 bits per heavy atom. The van der Waals surface area contributed by atoms with Crippen molar-refractivity contribution >= 4 is 34.0 Å². The number of aryl methyl sites for hydroxylation is 1. The summed E-state index contributed by atoms with van der Waals surface area (Å²) in [5.74, 6) is 0.549. The summed E-state index contributed by atoms with van der Waals surface area (Å²) in [5.41, 5.74) is 18.8. The van der Waals surface area contributed by atoms with Crippen LogP contribution in [0.4, 0.5) is 23.0 Å². The van der Waals surface area contributed by atoms with Gasteiger partial charge in [0, 0.05) is 43.1 Å². The molecule has 0 aliphatic rings. The Bertz CT molecular complexity index is 1160. The minimum Gasteiger partial charge on any atom is -0.402 e. The molecule has 34 heavy (non-hydrogen) atoms. The van der Waals surface area contributed by atoms with Crippen molar-refractivity contribution in [3.8, 4) is 0 Å². The van der Waals surface area contributed by atoms with Gasteiger partial charge >= 0.3 is 0 Å². The molecular weight excluding hydrogens is 424 g/mol. The number of likely N-dealkylation sites (N-methyl/N-ethyl adjacent to an activating group) is 2. The van der Waals surface area contributed by atoms with Crippen LogP contribution in [0.25, 0.3) is 11.0 Å². The van der Waals surface area contributed by atoms with Gasteiger partial charge in [-0.2, -0.15) is 4.98 Å². The van der Waals surface area contributed by atoms with Crippen molar-refractivity contribution in [1.29, 1.82) is 0 Å². The van der Waals surface area contributed by atoms with E-state index in [0.717, 1.165) is 71.7 Å². The van der Waals surface area contributed by atoms with Crippen LogP contribution < -0.4 is 21.7 Å². The fraction of sp³-hybridized carbons (Fsp3) is 0.385. The van der Waals surface area contributed by atoms with Gasteiger partial charge in [-0.05, 0) is 70.1 Å². The maximum Gasteiger partial charge on any atom is 0.229 e. The van der Waals surface area contributed by atoms with E-state index in [2.05, 4.69) is 65.3 Å². The standard InChI is InChI=1S/C26H38N8/c1-6-21(27)18(2)9-7-8-10-23-20-13-14-29-25(20)32-26(31-23)30-19-11-12-24(22(28)17-19)34(5)16-15-33(3)4/h7,9,11-14,17H,6,8,10,15-16,27-28H2,1-5H3,(H2,29,30,31,32)/b9-7-,21-18+. The molecule has 182 valence electrons. The van der Waals surface area contributed by atoms with E-state index in [0.29, 0.717) is 11.6 Å². The summed E-state index contributed by atoms with van der Waals surface area (Å²) >= 11 is 0. The highest BCUT2D eigenvalue weighted by molar-refractivity contribution is 5.80. The SMILES string of the molecule is CC/C(N)=C(C)\C=C/CCc1nc(Nc2ccc(N(C)CCN(C)C)c(N)c2)nc2[nH]ccc12. The highest BCUT2D eigenvalue weighted by atomic mass is 15.2. The highest BCUT2D eigenvalue weighted by Crippen LogP contribution is 2.27. The third-order valence-electron chi connectivity index (χ3n) is 5.88. The molecule has 2 aromatic heterocycles. The van der Waals surface area contributed by atoms with Crippen molar-refractivity contribution in [1.82, 2.24) is 19.9 Å². The van der Waals surface area contributed by atoms with Crippen LogP contribution >= 0.6 is 0 Å². The lowest BCUT2D eigenvalue weighted by Crippen LogP contribution is -2.28. The fourth-order valence-electron chi connectivity index (χ4n) is 3.70. The first-order chi connectivity index (χ1) is 16.3. The molecule has 8 nitrogen and oxygen atoms in total. The third kappa shape index (κ3) is 6.51. The molecule has 0 amide bonds. The van der Waals surface area contributed by atoms with Crippen molar-refractivity contribution in [2.24, 2.45) is 5.73 Å². The maximum atomic E-state index is 6.36. The summed E-state index contributed by atoms with van der Waals surface area (Å²) in [6.45, 7) is 5.97. The lowest BCUT2D eigenvalue weighted by atomic mass is 10.1. The molecule has 6 N–H and O–H groups in total. The molecule has 8 heteroatoms. The summed E-state index contributed by atoms with van der Waals surface area (Å²) in [7, 11) is 6.19. The number of nitrogens with one attached hydrogen (secondary N) is 2. The maximum absolute atomic E-state index is 6.36. The molecule has 0 aliphatic heterocycles. The average Bonchev–Trinajstić information content (AvgIpc) is 3.28. The predicted molar refractivity (Wildman–Crippen MR) is 144 cm³/mol. The second kappa shape index (κ2) is 11.6. The fourth-order valence-corrected chi connectivity index (χ4v) is 3.70.